The molecule has 0 aliphatic carbocycles. The van der Waals surface area contributed by atoms with Gasteiger partial charge in [0.2, 0.25) is 6.79 Å². The second-order valence-electron chi connectivity index (χ2n) is 6.33. The van der Waals surface area contributed by atoms with Crippen molar-refractivity contribution in [1.29, 1.82) is 0 Å². The minimum atomic E-state index is -0.750. The lowest BCUT2D eigenvalue weighted by atomic mass is 10.1. The van der Waals surface area contributed by atoms with Crippen molar-refractivity contribution < 1.29 is 29.0 Å². The molecule has 0 aromatic carbocycles. The lowest BCUT2D eigenvalue weighted by molar-refractivity contribution is -0.167. The zero-order valence-corrected chi connectivity index (χ0v) is 15.6. The van der Waals surface area contributed by atoms with Crippen molar-refractivity contribution in [2.24, 2.45) is 0 Å². The molecule has 146 valence electrons. The summed E-state index contributed by atoms with van der Waals surface area (Å²) < 4.78 is 9.76. The summed E-state index contributed by atoms with van der Waals surface area (Å²) in [5.41, 5.74) is 0. The molecule has 0 fully saturated rings. The fraction of sp³-hybridized carbons (Fsp3) is 0.842. The molecule has 0 unspecified atom stereocenters. The number of ether oxygens (including phenoxy) is 2. The van der Waals surface area contributed by atoms with Gasteiger partial charge in [0.15, 0.2) is 0 Å². The van der Waals surface area contributed by atoms with Crippen LogP contribution in [0.15, 0.2) is 0 Å². The standard InChI is InChI=1S/C19H34O6/c1-2-3-4-7-11-14-18(22)24-16-25-19(23)15-12-9-6-5-8-10-13-17(20)21/h2-16H2,1H3,(H,20,21). The maximum absolute atomic E-state index is 11.5. The first-order valence-corrected chi connectivity index (χ1v) is 9.59. The van der Waals surface area contributed by atoms with E-state index in [1.54, 1.807) is 0 Å². The highest BCUT2D eigenvalue weighted by Crippen LogP contribution is 2.09. The van der Waals surface area contributed by atoms with Crippen LogP contribution in [0.4, 0.5) is 0 Å². The summed E-state index contributed by atoms with van der Waals surface area (Å²) in [5.74, 6) is -1.41. The van der Waals surface area contributed by atoms with Crippen LogP contribution in [0, 0.1) is 0 Å². The van der Waals surface area contributed by atoms with Crippen LogP contribution < -0.4 is 0 Å². The minimum Gasteiger partial charge on any atom is -0.481 e. The van der Waals surface area contributed by atoms with Crippen LogP contribution in [-0.4, -0.2) is 29.8 Å². The summed E-state index contributed by atoms with van der Waals surface area (Å²) in [6.07, 6.45) is 11.5. The largest absolute Gasteiger partial charge is 0.481 e. The van der Waals surface area contributed by atoms with E-state index < -0.39 is 5.97 Å². The number of esters is 2. The molecule has 1 N–H and O–H groups in total. The Kier molecular flexibility index (Phi) is 16.1. The monoisotopic (exact) mass is 358 g/mol. The molecule has 0 aliphatic rings. The van der Waals surface area contributed by atoms with E-state index in [9.17, 15) is 14.4 Å². The highest BCUT2D eigenvalue weighted by atomic mass is 16.7. The second-order valence-corrected chi connectivity index (χ2v) is 6.33. The van der Waals surface area contributed by atoms with Crippen molar-refractivity contribution in [3.63, 3.8) is 0 Å². The Morgan fingerprint density at radius 3 is 1.48 bits per heavy atom. The Labute approximate surface area is 151 Å². The maximum Gasteiger partial charge on any atom is 0.308 e. The van der Waals surface area contributed by atoms with Gasteiger partial charge in [-0.05, 0) is 19.3 Å². The molecule has 0 heterocycles. The van der Waals surface area contributed by atoms with Crippen LogP contribution >= 0.6 is 0 Å². The van der Waals surface area contributed by atoms with E-state index in [-0.39, 0.29) is 25.2 Å². The molecule has 0 aliphatic heterocycles. The number of carbonyl (C=O) groups excluding carboxylic acids is 2. The van der Waals surface area contributed by atoms with Crippen LogP contribution in [0.3, 0.4) is 0 Å². The van der Waals surface area contributed by atoms with E-state index in [0.29, 0.717) is 19.3 Å². The van der Waals surface area contributed by atoms with Crippen molar-refractivity contribution in [3.05, 3.63) is 0 Å². The van der Waals surface area contributed by atoms with Gasteiger partial charge in [0.05, 0.1) is 0 Å². The van der Waals surface area contributed by atoms with Crippen molar-refractivity contribution in [3.8, 4) is 0 Å². The van der Waals surface area contributed by atoms with E-state index in [1.165, 1.54) is 12.8 Å². The fourth-order valence-electron chi connectivity index (χ4n) is 2.43. The van der Waals surface area contributed by atoms with E-state index in [1.807, 2.05) is 0 Å². The average Bonchev–Trinajstić information content (AvgIpc) is 2.56. The Bertz CT molecular complexity index is 367. The summed E-state index contributed by atoms with van der Waals surface area (Å²) in [5, 5.41) is 8.51. The molecule has 25 heavy (non-hydrogen) atoms. The third-order valence-electron chi connectivity index (χ3n) is 3.95. The van der Waals surface area contributed by atoms with Crippen LogP contribution in [0.2, 0.25) is 0 Å². The van der Waals surface area contributed by atoms with Gasteiger partial charge in [0.1, 0.15) is 0 Å². The van der Waals surface area contributed by atoms with Crippen molar-refractivity contribution in [2.75, 3.05) is 6.79 Å². The first-order valence-electron chi connectivity index (χ1n) is 9.59. The lowest BCUT2D eigenvalue weighted by Crippen LogP contribution is -2.12. The van der Waals surface area contributed by atoms with Crippen LogP contribution in [0.1, 0.15) is 96.8 Å². The van der Waals surface area contributed by atoms with Gasteiger partial charge < -0.3 is 14.6 Å². The average molecular weight is 358 g/mol. The Hall–Kier alpha value is -1.59. The molecule has 0 aromatic heterocycles. The molecule has 6 heteroatoms. The third kappa shape index (κ3) is 18.6. The maximum atomic E-state index is 11.5. The van der Waals surface area contributed by atoms with Crippen molar-refractivity contribution in [2.45, 2.75) is 96.8 Å². The topological polar surface area (TPSA) is 89.9 Å². The van der Waals surface area contributed by atoms with Gasteiger partial charge in [-0.1, -0.05) is 58.3 Å². The van der Waals surface area contributed by atoms with Gasteiger partial charge in [-0.25, -0.2) is 0 Å². The Morgan fingerprint density at radius 1 is 0.640 bits per heavy atom. The van der Waals surface area contributed by atoms with Crippen LogP contribution in [0.5, 0.6) is 0 Å². The van der Waals surface area contributed by atoms with Crippen LogP contribution in [-0.2, 0) is 23.9 Å². The number of rotatable bonds is 17. The van der Waals surface area contributed by atoms with Gasteiger partial charge in [0, 0.05) is 19.3 Å². The molecule has 0 saturated heterocycles. The normalized spacial score (nSPS) is 10.4. The minimum absolute atomic E-state index is 0.226. The lowest BCUT2D eigenvalue weighted by Gasteiger charge is -2.06. The number of hydrogen-bond acceptors (Lipinski definition) is 5. The van der Waals surface area contributed by atoms with E-state index in [4.69, 9.17) is 14.6 Å². The van der Waals surface area contributed by atoms with E-state index in [0.717, 1.165) is 51.4 Å². The predicted octanol–water partition coefficient (Wildman–Crippen LogP) is 4.60. The third-order valence-corrected chi connectivity index (χ3v) is 3.95. The number of carboxylic acid groups (broad SMARTS) is 1. The van der Waals surface area contributed by atoms with Crippen molar-refractivity contribution >= 4 is 17.9 Å². The molecule has 0 bridgehead atoms. The van der Waals surface area contributed by atoms with Gasteiger partial charge in [-0.3, -0.25) is 14.4 Å². The van der Waals surface area contributed by atoms with Gasteiger partial charge >= 0.3 is 17.9 Å². The van der Waals surface area contributed by atoms with Gasteiger partial charge in [-0.15, -0.1) is 0 Å². The second kappa shape index (κ2) is 17.2. The SMILES string of the molecule is CCCCCCCC(=O)OCOC(=O)CCCCCCCCC(=O)O. The summed E-state index contributed by atoms with van der Waals surface area (Å²) >= 11 is 0. The quantitative estimate of drug-likeness (QED) is 0.232. The molecule has 0 atom stereocenters. The molecule has 0 saturated carbocycles. The Morgan fingerprint density at radius 2 is 1.04 bits per heavy atom. The molecule has 0 aromatic rings. The number of carbonyl (C=O) groups is 3. The highest BCUT2D eigenvalue weighted by Gasteiger charge is 2.06. The molecular formula is C19H34O6. The smallest absolute Gasteiger partial charge is 0.308 e. The molecular weight excluding hydrogens is 324 g/mol. The summed E-state index contributed by atoms with van der Waals surface area (Å²) in [6.45, 7) is 1.85. The van der Waals surface area contributed by atoms with Crippen LogP contribution in [0.25, 0.3) is 0 Å². The highest BCUT2D eigenvalue weighted by molar-refractivity contribution is 5.70. The number of unbranched alkanes of at least 4 members (excludes halogenated alkanes) is 9. The summed E-state index contributed by atoms with van der Waals surface area (Å²) in [6, 6.07) is 0. The first kappa shape index (κ1) is 23.4. The number of carboxylic acids is 1. The summed E-state index contributed by atoms with van der Waals surface area (Å²) in [4.78, 5) is 33.3. The van der Waals surface area contributed by atoms with E-state index >= 15 is 0 Å². The fourth-order valence-corrected chi connectivity index (χ4v) is 2.43. The molecule has 0 rings (SSSR count). The predicted molar refractivity (Wildman–Crippen MR) is 95.0 cm³/mol. The molecule has 0 amide bonds. The Balaban J connectivity index is 3.35. The first-order chi connectivity index (χ1) is 12.1. The number of aliphatic carboxylic acids is 1. The van der Waals surface area contributed by atoms with Gasteiger partial charge in [-0.2, -0.15) is 0 Å². The van der Waals surface area contributed by atoms with Gasteiger partial charge in [0.25, 0.3) is 0 Å². The summed E-state index contributed by atoms with van der Waals surface area (Å²) in [7, 11) is 0. The van der Waals surface area contributed by atoms with E-state index in [2.05, 4.69) is 6.92 Å². The molecule has 0 radical (unpaired) electrons. The molecule has 6 nitrogen and oxygen atoms in total. The zero-order chi connectivity index (χ0) is 18.8. The number of hydrogen-bond donors (Lipinski definition) is 1. The molecule has 0 spiro atoms. The van der Waals surface area contributed by atoms with Crippen molar-refractivity contribution in [1.82, 2.24) is 0 Å². The zero-order valence-electron chi connectivity index (χ0n) is 15.6.